The van der Waals surface area contributed by atoms with E-state index in [0.29, 0.717) is 4.88 Å². The zero-order valence-corrected chi connectivity index (χ0v) is 9.60. The normalized spacial score (nSPS) is 15.9. The monoisotopic (exact) mass is 222 g/mol. The van der Waals surface area contributed by atoms with Crippen LogP contribution in [0, 0.1) is 0 Å². The molecule has 1 aliphatic rings. The minimum Gasteiger partial charge on any atom is -0.465 e. The fourth-order valence-electron chi connectivity index (χ4n) is 1.78. The van der Waals surface area contributed by atoms with E-state index in [1.54, 1.807) is 0 Å². The molecule has 0 atom stereocenters. The third kappa shape index (κ3) is 2.29. The number of hydrogen-bond donors (Lipinski definition) is 0. The van der Waals surface area contributed by atoms with Gasteiger partial charge in [-0.05, 0) is 43.4 Å². The second-order valence-electron chi connectivity index (χ2n) is 3.63. The van der Waals surface area contributed by atoms with Crippen LogP contribution in [0.4, 0.5) is 0 Å². The highest BCUT2D eigenvalue weighted by Gasteiger charge is 2.12. The van der Waals surface area contributed by atoms with Crippen molar-refractivity contribution in [2.24, 2.45) is 0 Å². The molecule has 0 saturated heterocycles. The maximum Gasteiger partial charge on any atom is 0.348 e. The van der Waals surface area contributed by atoms with Crippen LogP contribution in [0.15, 0.2) is 18.2 Å². The molecule has 0 fully saturated rings. The number of carbonyl (C=O) groups excluding carboxylic acids is 1. The van der Waals surface area contributed by atoms with Crippen LogP contribution in [0.3, 0.4) is 0 Å². The highest BCUT2D eigenvalue weighted by atomic mass is 32.1. The Bertz CT molecular complexity index is 390. The van der Waals surface area contributed by atoms with Crippen molar-refractivity contribution in [1.82, 2.24) is 0 Å². The number of thiophene rings is 1. The van der Waals surface area contributed by atoms with Crippen molar-refractivity contribution in [3.8, 4) is 0 Å². The number of ether oxygens (including phenoxy) is 1. The van der Waals surface area contributed by atoms with Gasteiger partial charge in [-0.25, -0.2) is 4.79 Å². The molecular formula is C12H14O2S. The number of esters is 1. The first-order valence-electron chi connectivity index (χ1n) is 5.19. The first-order valence-corrected chi connectivity index (χ1v) is 6.00. The van der Waals surface area contributed by atoms with Gasteiger partial charge in [0.05, 0.1) is 7.11 Å². The molecule has 0 saturated carbocycles. The molecule has 1 aromatic rings. The quantitative estimate of drug-likeness (QED) is 0.716. The summed E-state index contributed by atoms with van der Waals surface area (Å²) in [4.78, 5) is 13.2. The molecule has 3 heteroatoms. The van der Waals surface area contributed by atoms with E-state index in [0.717, 1.165) is 6.42 Å². The highest BCUT2D eigenvalue weighted by Crippen LogP contribution is 2.31. The average Bonchev–Trinajstić information content (AvgIpc) is 2.78. The lowest BCUT2D eigenvalue weighted by atomic mass is 9.99. The van der Waals surface area contributed by atoms with E-state index in [1.807, 2.05) is 12.1 Å². The Hall–Kier alpha value is -1.09. The Morgan fingerprint density at radius 1 is 1.40 bits per heavy atom. The van der Waals surface area contributed by atoms with Gasteiger partial charge in [-0.3, -0.25) is 0 Å². The van der Waals surface area contributed by atoms with Gasteiger partial charge in [0.25, 0.3) is 0 Å². The standard InChI is InChI=1S/C12H14O2S/c1-14-12(13)11-8-7-10(15-11)9-5-3-2-4-6-9/h5,7-8H,2-4,6H2,1H3. The van der Waals surface area contributed by atoms with Crippen molar-refractivity contribution in [3.63, 3.8) is 0 Å². The summed E-state index contributed by atoms with van der Waals surface area (Å²) >= 11 is 1.53. The van der Waals surface area contributed by atoms with Crippen LogP contribution in [0.5, 0.6) is 0 Å². The number of methoxy groups -OCH3 is 1. The summed E-state index contributed by atoms with van der Waals surface area (Å²) in [6.45, 7) is 0. The lowest BCUT2D eigenvalue weighted by molar-refractivity contribution is 0.0606. The minimum absolute atomic E-state index is 0.234. The van der Waals surface area contributed by atoms with Gasteiger partial charge < -0.3 is 4.74 Å². The molecule has 0 N–H and O–H groups in total. The molecule has 0 bridgehead atoms. The smallest absolute Gasteiger partial charge is 0.348 e. The van der Waals surface area contributed by atoms with Crippen LogP contribution in [-0.2, 0) is 4.74 Å². The Labute approximate surface area is 93.6 Å². The van der Waals surface area contributed by atoms with Crippen molar-refractivity contribution in [2.45, 2.75) is 25.7 Å². The van der Waals surface area contributed by atoms with E-state index in [-0.39, 0.29) is 5.97 Å². The number of allylic oxidation sites excluding steroid dienone is 2. The third-order valence-corrected chi connectivity index (χ3v) is 3.74. The summed E-state index contributed by atoms with van der Waals surface area (Å²) in [6.07, 6.45) is 7.15. The predicted octanol–water partition coefficient (Wildman–Crippen LogP) is 3.49. The number of hydrogen-bond acceptors (Lipinski definition) is 3. The summed E-state index contributed by atoms with van der Waals surface area (Å²) in [5.41, 5.74) is 1.39. The first kappa shape index (κ1) is 10.4. The highest BCUT2D eigenvalue weighted by molar-refractivity contribution is 7.15. The van der Waals surface area contributed by atoms with Crippen LogP contribution in [-0.4, -0.2) is 13.1 Å². The molecule has 2 nitrogen and oxygen atoms in total. The molecule has 2 rings (SSSR count). The summed E-state index contributed by atoms with van der Waals surface area (Å²) < 4.78 is 4.69. The van der Waals surface area contributed by atoms with Gasteiger partial charge in [-0.1, -0.05) is 6.08 Å². The molecular weight excluding hydrogens is 208 g/mol. The predicted molar refractivity (Wildman–Crippen MR) is 62.1 cm³/mol. The van der Waals surface area contributed by atoms with Crippen molar-refractivity contribution in [1.29, 1.82) is 0 Å². The van der Waals surface area contributed by atoms with Gasteiger partial charge in [-0.2, -0.15) is 0 Å². The van der Waals surface area contributed by atoms with Crippen molar-refractivity contribution in [3.05, 3.63) is 28.0 Å². The molecule has 80 valence electrons. The summed E-state index contributed by atoms with van der Waals surface area (Å²) in [5, 5.41) is 0. The van der Waals surface area contributed by atoms with E-state index in [4.69, 9.17) is 0 Å². The summed E-state index contributed by atoms with van der Waals surface area (Å²) in [7, 11) is 1.42. The fraction of sp³-hybridized carbons (Fsp3) is 0.417. The van der Waals surface area contributed by atoms with Crippen LogP contribution in [0.2, 0.25) is 0 Å². The van der Waals surface area contributed by atoms with E-state index in [9.17, 15) is 4.79 Å². The molecule has 0 aliphatic heterocycles. The lowest BCUT2D eigenvalue weighted by Crippen LogP contribution is -1.96. The SMILES string of the molecule is COC(=O)c1ccc(C2=CCCCC2)s1. The fourth-order valence-corrected chi connectivity index (χ4v) is 2.77. The van der Waals surface area contributed by atoms with Gasteiger partial charge in [0.15, 0.2) is 0 Å². The zero-order valence-electron chi connectivity index (χ0n) is 8.79. The van der Waals surface area contributed by atoms with Gasteiger partial charge in [-0.15, -0.1) is 11.3 Å². The minimum atomic E-state index is -0.234. The van der Waals surface area contributed by atoms with Crippen LogP contribution >= 0.6 is 11.3 Å². The molecule has 0 unspecified atom stereocenters. The van der Waals surface area contributed by atoms with Crippen molar-refractivity contribution in [2.75, 3.05) is 7.11 Å². The second-order valence-corrected chi connectivity index (χ2v) is 4.71. The van der Waals surface area contributed by atoms with Gasteiger partial charge >= 0.3 is 5.97 Å². The molecule has 0 amide bonds. The molecule has 0 spiro atoms. The topological polar surface area (TPSA) is 26.3 Å². The van der Waals surface area contributed by atoms with Crippen molar-refractivity contribution >= 4 is 22.9 Å². The Morgan fingerprint density at radius 2 is 2.27 bits per heavy atom. The van der Waals surface area contributed by atoms with Crippen LogP contribution in [0.1, 0.15) is 40.2 Å². The van der Waals surface area contributed by atoms with E-state index >= 15 is 0 Å². The molecule has 1 aromatic heterocycles. The average molecular weight is 222 g/mol. The van der Waals surface area contributed by atoms with Gasteiger partial charge in [0.2, 0.25) is 0 Å². The largest absolute Gasteiger partial charge is 0.465 e. The molecule has 0 aromatic carbocycles. The van der Waals surface area contributed by atoms with Crippen LogP contribution < -0.4 is 0 Å². The summed E-state index contributed by atoms with van der Waals surface area (Å²) in [6, 6.07) is 3.87. The van der Waals surface area contributed by atoms with E-state index in [2.05, 4.69) is 10.8 Å². The number of rotatable bonds is 2. The maximum atomic E-state index is 11.3. The lowest BCUT2D eigenvalue weighted by Gasteiger charge is -2.10. The summed E-state index contributed by atoms with van der Waals surface area (Å²) in [5.74, 6) is -0.234. The molecule has 1 heterocycles. The number of carbonyl (C=O) groups is 1. The third-order valence-electron chi connectivity index (χ3n) is 2.60. The molecule has 15 heavy (non-hydrogen) atoms. The van der Waals surface area contributed by atoms with Crippen molar-refractivity contribution < 1.29 is 9.53 Å². The molecule has 1 aliphatic carbocycles. The maximum absolute atomic E-state index is 11.3. The van der Waals surface area contributed by atoms with E-state index in [1.165, 1.54) is 48.2 Å². The Balaban J connectivity index is 2.19. The van der Waals surface area contributed by atoms with E-state index < -0.39 is 0 Å². The van der Waals surface area contributed by atoms with Gasteiger partial charge in [0, 0.05) is 4.88 Å². The Morgan fingerprint density at radius 3 is 2.93 bits per heavy atom. The second kappa shape index (κ2) is 4.62. The van der Waals surface area contributed by atoms with Crippen LogP contribution in [0.25, 0.3) is 5.57 Å². The first-order chi connectivity index (χ1) is 7.31. The zero-order chi connectivity index (χ0) is 10.7. The molecule has 0 radical (unpaired) electrons. The Kier molecular flexibility index (Phi) is 3.21. The van der Waals surface area contributed by atoms with Gasteiger partial charge in [0.1, 0.15) is 4.88 Å².